The SMILES string of the molecule is COC(=O)c1cc(CSc2nnc(Nc3ccc(C)cc3)s2)oc1C. The standard InChI is InChI=1S/C17H17N3O3S2/c1-10-4-6-12(7-5-10)18-16-19-20-17(25-16)24-9-13-8-14(11(2)23-13)15(21)22-3/h4-8H,9H2,1-3H3,(H,18,19). The number of hydrogen-bond donors (Lipinski definition) is 1. The van der Waals surface area contributed by atoms with Gasteiger partial charge in [0.15, 0.2) is 4.34 Å². The van der Waals surface area contributed by atoms with Crippen molar-refractivity contribution in [1.29, 1.82) is 0 Å². The first kappa shape index (κ1) is 17.5. The van der Waals surface area contributed by atoms with Crippen LogP contribution >= 0.6 is 23.1 Å². The summed E-state index contributed by atoms with van der Waals surface area (Å²) in [4.78, 5) is 11.6. The first-order valence-corrected chi connectivity index (χ1v) is 9.33. The van der Waals surface area contributed by atoms with E-state index in [1.54, 1.807) is 13.0 Å². The van der Waals surface area contributed by atoms with Gasteiger partial charge in [0, 0.05) is 5.69 Å². The normalized spacial score (nSPS) is 10.7. The van der Waals surface area contributed by atoms with Crippen LogP contribution in [0.2, 0.25) is 0 Å². The fraction of sp³-hybridized carbons (Fsp3) is 0.235. The van der Waals surface area contributed by atoms with E-state index in [-0.39, 0.29) is 0 Å². The van der Waals surface area contributed by atoms with Crippen LogP contribution in [0.5, 0.6) is 0 Å². The summed E-state index contributed by atoms with van der Waals surface area (Å²) in [5.74, 6) is 1.43. The number of ether oxygens (including phenoxy) is 1. The Kier molecular flexibility index (Phi) is 5.40. The molecule has 8 heteroatoms. The molecule has 6 nitrogen and oxygen atoms in total. The van der Waals surface area contributed by atoms with E-state index in [2.05, 4.69) is 15.5 Å². The zero-order valence-corrected chi connectivity index (χ0v) is 15.7. The number of thioether (sulfide) groups is 1. The summed E-state index contributed by atoms with van der Waals surface area (Å²) < 4.78 is 11.1. The maximum absolute atomic E-state index is 11.6. The lowest BCUT2D eigenvalue weighted by Gasteiger charge is -2.01. The number of nitrogens with zero attached hydrogens (tertiary/aromatic N) is 2. The molecule has 25 heavy (non-hydrogen) atoms. The van der Waals surface area contributed by atoms with Crippen LogP contribution < -0.4 is 5.32 Å². The van der Waals surface area contributed by atoms with Crippen molar-refractivity contribution in [3.8, 4) is 0 Å². The number of anilines is 2. The molecule has 1 N–H and O–H groups in total. The van der Waals surface area contributed by atoms with Gasteiger partial charge in [-0.3, -0.25) is 0 Å². The Morgan fingerprint density at radius 3 is 2.76 bits per heavy atom. The number of rotatable bonds is 6. The average molecular weight is 375 g/mol. The summed E-state index contributed by atoms with van der Waals surface area (Å²) in [7, 11) is 1.35. The van der Waals surface area contributed by atoms with Gasteiger partial charge in [-0.2, -0.15) is 0 Å². The first-order valence-electron chi connectivity index (χ1n) is 7.53. The molecule has 0 atom stereocenters. The van der Waals surface area contributed by atoms with Crippen LogP contribution in [0.25, 0.3) is 0 Å². The van der Waals surface area contributed by atoms with Crippen molar-refractivity contribution in [3.05, 3.63) is 53.0 Å². The number of esters is 1. The van der Waals surface area contributed by atoms with E-state index in [9.17, 15) is 4.79 Å². The largest absolute Gasteiger partial charge is 0.465 e. The number of hydrogen-bond acceptors (Lipinski definition) is 8. The molecule has 2 aromatic heterocycles. The molecule has 2 heterocycles. The van der Waals surface area contributed by atoms with Crippen molar-refractivity contribution in [3.63, 3.8) is 0 Å². The number of nitrogens with one attached hydrogen (secondary N) is 1. The van der Waals surface area contributed by atoms with Gasteiger partial charge in [-0.15, -0.1) is 10.2 Å². The maximum Gasteiger partial charge on any atom is 0.341 e. The highest BCUT2D eigenvalue weighted by molar-refractivity contribution is 8.00. The molecule has 0 radical (unpaired) electrons. The van der Waals surface area contributed by atoms with E-state index in [4.69, 9.17) is 9.15 Å². The van der Waals surface area contributed by atoms with Gasteiger partial charge < -0.3 is 14.5 Å². The number of aryl methyl sites for hydroxylation is 2. The minimum atomic E-state index is -0.391. The molecule has 0 aliphatic carbocycles. The molecule has 0 aliphatic heterocycles. The zero-order valence-electron chi connectivity index (χ0n) is 14.0. The highest BCUT2D eigenvalue weighted by Gasteiger charge is 2.16. The average Bonchev–Trinajstić information content (AvgIpc) is 3.20. The number of benzene rings is 1. The number of furan rings is 1. The van der Waals surface area contributed by atoms with Crippen molar-refractivity contribution in [2.24, 2.45) is 0 Å². The van der Waals surface area contributed by atoms with Gasteiger partial charge in [0.1, 0.15) is 17.1 Å². The molecule has 0 bridgehead atoms. The third-order valence-electron chi connectivity index (χ3n) is 3.42. The predicted octanol–water partition coefficient (Wildman–Crippen LogP) is 4.57. The second-order valence-electron chi connectivity index (χ2n) is 5.33. The Hall–Kier alpha value is -2.32. The number of aromatic nitrogens is 2. The molecule has 0 fully saturated rings. The third kappa shape index (κ3) is 4.40. The summed E-state index contributed by atoms with van der Waals surface area (Å²) in [5.41, 5.74) is 2.64. The Balaban J connectivity index is 1.60. The van der Waals surface area contributed by atoms with Gasteiger partial charge in [-0.05, 0) is 32.0 Å². The highest BCUT2D eigenvalue weighted by Crippen LogP contribution is 2.31. The van der Waals surface area contributed by atoms with Crippen LogP contribution in [-0.2, 0) is 10.5 Å². The molecule has 0 spiro atoms. The number of carbonyl (C=O) groups is 1. The number of methoxy groups -OCH3 is 1. The van der Waals surface area contributed by atoms with E-state index in [0.29, 0.717) is 22.8 Å². The maximum atomic E-state index is 11.6. The Morgan fingerprint density at radius 2 is 2.04 bits per heavy atom. The second-order valence-corrected chi connectivity index (χ2v) is 7.53. The van der Waals surface area contributed by atoms with Crippen molar-refractivity contribution < 1.29 is 13.9 Å². The van der Waals surface area contributed by atoms with E-state index >= 15 is 0 Å². The summed E-state index contributed by atoms with van der Waals surface area (Å²) in [6.07, 6.45) is 0. The van der Waals surface area contributed by atoms with Gasteiger partial charge in [0.25, 0.3) is 0 Å². The minimum absolute atomic E-state index is 0.391. The molecule has 0 aliphatic rings. The summed E-state index contributed by atoms with van der Waals surface area (Å²) in [6, 6.07) is 9.79. The summed E-state index contributed by atoms with van der Waals surface area (Å²) in [5, 5.41) is 12.3. The van der Waals surface area contributed by atoms with Crippen molar-refractivity contribution in [2.45, 2.75) is 23.9 Å². The quantitative estimate of drug-likeness (QED) is 0.499. The Morgan fingerprint density at radius 1 is 1.28 bits per heavy atom. The van der Waals surface area contributed by atoms with Gasteiger partial charge in [0.2, 0.25) is 5.13 Å². The molecule has 3 aromatic rings. The van der Waals surface area contributed by atoms with Gasteiger partial charge in [-0.1, -0.05) is 40.8 Å². The van der Waals surface area contributed by atoms with Crippen LogP contribution in [-0.4, -0.2) is 23.3 Å². The van der Waals surface area contributed by atoms with E-state index in [1.165, 1.54) is 35.8 Å². The fourth-order valence-corrected chi connectivity index (χ4v) is 3.79. The van der Waals surface area contributed by atoms with E-state index in [0.717, 1.165) is 15.2 Å². The molecule has 0 unspecified atom stereocenters. The topological polar surface area (TPSA) is 77.2 Å². The van der Waals surface area contributed by atoms with Crippen LogP contribution in [0.15, 0.2) is 39.1 Å². The van der Waals surface area contributed by atoms with E-state index in [1.807, 2.05) is 31.2 Å². The number of carbonyl (C=O) groups excluding carboxylic acids is 1. The van der Waals surface area contributed by atoms with Crippen LogP contribution in [0, 0.1) is 13.8 Å². The summed E-state index contributed by atoms with van der Waals surface area (Å²) in [6.45, 7) is 3.79. The van der Waals surface area contributed by atoms with Crippen molar-refractivity contribution >= 4 is 39.9 Å². The Bertz CT molecular complexity index is 872. The Labute approximate surface area is 153 Å². The predicted molar refractivity (Wildman–Crippen MR) is 98.7 cm³/mol. The lowest BCUT2D eigenvalue weighted by Crippen LogP contribution is -2.00. The zero-order chi connectivity index (χ0) is 17.8. The van der Waals surface area contributed by atoms with Gasteiger partial charge in [-0.25, -0.2) is 4.79 Å². The van der Waals surface area contributed by atoms with Crippen molar-refractivity contribution in [1.82, 2.24) is 10.2 Å². The van der Waals surface area contributed by atoms with Gasteiger partial charge >= 0.3 is 5.97 Å². The molecular formula is C17H17N3O3S2. The second kappa shape index (κ2) is 7.71. The fourth-order valence-electron chi connectivity index (χ4n) is 2.14. The molecule has 1 aromatic carbocycles. The molecule has 3 rings (SSSR count). The van der Waals surface area contributed by atoms with Crippen LogP contribution in [0.4, 0.5) is 10.8 Å². The van der Waals surface area contributed by atoms with Crippen LogP contribution in [0.3, 0.4) is 0 Å². The van der Waals surface area contributed by atoms with Gasteiger partial charge in [0.05, 0.1) is 12.9 Å². The molecule has 0 saturated heterocycles. The smallest absolute Gasteiger partial charge is 0.341 e. The third-order valence-corrected chi connectivity index (χ3v) is 5.42. The molecule has 0 amide bonds. The van der Waals surface area contributed by atoms with E-state index < -0.39 is 5.97 Å². The highest BCUT2D eigenvalue weighted by atomic mass is 32.2. The summed E-state index contributed by atoms with van der Waals surface area (Å²) >= 11 is 2.98. The lowest BCUT2D eigenvalue weighted by molar-refractivity contribution is 0.0599. The monoisotopic (exact) mass is 375 g/mol. The lowest BCUT2D eigenvalue weighted by atomic mass is 10.2. The van der Waals surface area contributed by atoms with Crippen LogP contribution in [0.1, 0.15) is 27.4 Å². The first-order chi connectivity index (χ1) is 12.0. The minimum Gasteiger partial charge on any atom is -0.465 e. The molecule has 0 saturated carbocycles. The molecular weight excluding hydrogens is 358 g/mol. The van der Waals surface area contributed by atoms with Crippen molar-refractivity contribution in [2.75, 3.05) is 12.4 Å². The molecule has 130 valence electrons.